The number of amides is 2. The molecule has 49 heavy (non-hydrogen) atoms. The number of thiazole rings is 1. The third-order valence-corrected chi connectivity index (χ3v) is 9.55. The second kappa shape index (κ2) is 22.2. The summed E-state index contributed by atoms with van der Waals surface area (Å²) in [5.74, 6) is 0.225. The molecule has 10 heteroatoms. The zero-order chi connectivity index (χ0) is 34.5. The van der Waals surface area contributed by atoms with E-state index in [1.54, 1.807) is 0 Å². The number of carbonyl (C=O) groups excluding carboxylic acids is 2. The minimum Gasteiger partial charge on any atom is -0.379 e. The van der Waals surface area contributed by atoms with Crippen LogP contribution in [0.25, 0.3) is 21.9 Å². The number of benzene rings is 2. The van der Waals surface area contributed by atoms with Crippen LogP contribution in [-0.4, -0.2) is 71.1 Å². The minimum absolute atomic E-state index is 0.106. The van der Waals surface area contributed by atoms with Crippen molar-refractivity contribution in [2.75, 3.05) is 64.2 Å². The predicted molar refractivity (Wildman–Crippen MR) is 200 cm³/mol. The van der Waals surface area contributed by atoms with E-state index in [-0.39, 0.29) is 11.8 Å². The molecule has 2 aromatic carbocycles. The Kier molecular flexibility index (Phi) is 17.3. The first-order valence-electron chi connectivity index (χ1n) is 18.0. The zero-order valence-electron chi connectivity index (χ0n) is 29.4. The number of hydrogen-bond acceptors (Lipinski definition) is 7. The van der Waals surface area contributed by atoms with Crippen molar-refractivity contribution in [3.05, 3.63) is 71.4 Å². The quantitative estimate of drug-likeness (QED) is 0.0834. The Morgan fingerprint density at radius 2 is 1.41 bits per heavy atom. The molecule has 2 heterocycles. The summed E-state index contributed by atoms with van der Waals surface area (Å²) in [5.41, 5.74) is 4.95. The topological polar surface area (TPSA) is 93.0 Å². The van der Waals surface area contributed by atoms with E-state index in [2.05, 4.69) is 101 Å². The fourth-order valence-corrected chi connectivity index (χ4v) is 6.72. The molecule has 9 nitrogen and oxygen atoms in total. The third kappa shape index (κ3) is 13.3. The van der Waals surface area contributed by atoms with Crippen LogP contribution in [0.15, 0.2) is 60.8 Å². The maximum Gasteiger partial charge on any atom is 0.263 e. The van der Waals surface area contributed by atoms with E-state index >= 15 is 0 Å². The molecule has 0 unspecified atom stereocenters. The summed E-state index contributed by atoms with van der Waals surface area (Å²) in [5, 5.41) is 7.14. The molecule has 0 spiro atoms. The Morgan fingerprint density at radius 3 is 2.10 bits per heavy atom. The summed E-state index contributed by atoms with van der Waals surface area (Å²) >= 11 is 1.81. The highest BCUT2D eigenvalue weighted by Gasteiger charge is 2.19. The standard InChI is InChI=1S/C39H54N4O5S/c1-3-4-18-37(44)40-21-12-25-46-27-29-48-30-28-47-26-13-22-41-38(45)19-6-5-11-23-43-24-20-32(33-14-7-8-15-34(33)43)31-39-42(2)35-16-9-10-17-36(35)49-39/h7-10,14-17,20,24,31H,3-6,11-13,18-19,21-23,25-30H2,1-2H3,(H-,40,41,44,45)/p+1. The number of nitrogens with zero attached hydrogens (tertiary/aromatic N) is 2. The van der Waals surface area contributed by atoms with Gasteiger partial charge in [0.25, 0.3) is 5.01 Å². The van der Waals surface area contributed by atoms with Crippen LogP contribution < -0.4 is 20.1 Å². The van der Waals surface area contributed by atoms with Crippen molar-refractivity contribution in [1.82, 2.24) is 10.6 Å². The summed E-state index contributed by atoms with van der Waals surface area (Å²) in [6.07, 6.45) is 14.3. The lowest BCUT2D eigenvalue weighted by Gasteiger charge is -2.27. The van der Waals surface area contributed by atoms with Gasteiger partial charge in [-0.2, -0.15) is 4.57 Å². The molecular weight excluding hydrogens is 637 g/mol. The molecule has 0 bridgehead atoms. The van der Waals surface area contributed by atoms with Gasteiger partial charge in [0.15, 0.2) is 0 Å². The lowest BCUT2D eigenvalue weighted by molar-refractivity contribution is -0.642. The van der Waals surface area contributed by atoms with Gasteiger partial charge >= 0.3 is 0 Å². The molecule has 4 rings (SSSR count). The van der Waals surface area contributed by atoms with Crippen LogP contribution in [0.1, 0.15) is 75.3 Å². The molecule has 1 aliphatic rings. The normalized spacial score (nSPS) is 13.3. The van der Waals surface area contributed by atoms with E-state index in [9.17, 15) is 9.59 Å². The number of para-hydroxylation sites is 2. The van der Waals surface area contributed by atoms with Gasteiger partial charge in [-0.3, -0.25) is 9.59 Å². The van der Waals surface area contributed by atoms with Crippen LogP contribution in [0.5, 0.6) is 0 Å². The lowest BCUT2D eigenvalue weighted by Crippen LogP contribution is -2.29. The van der Waals surface area contributed by atoms with Crippen molar-refractivity contribution in [3.63, 3.8) is 0 Å². The Balaban J connectivity index is 0.988. The van der Waals surface area contributed by atoms with Crippen molar-refractivity contribution in [2.24, 2.45) is 7.05 Å². The largest absolute Gasteiger partial charge is 0.379 e. The maximum absolute atomic E-state index is 12.3. The second-order valence-electron chi connectivity index (χ2n) is 12.3. The Hall–Kier alpha value is -3.57. The van der Waals surface area contributed by atoms with Crippen LogP contribution >= 0.6 is 11.3 Å². The first-order valence-corrected chi connectivity index (χ1v) is 18.8. The first kappa shape index (κ1) is 38.2. The maximum atomic E-state index is 12.3. The van der Waals surface area contributed by atoms with Crippen LogP contribution in [0.2, 0.25) is 0 Å². The number of allylic oxidation sites excluding steroid dienone is 2. The molecule has 266 valence electrons. The number of nitrogens with one attached hydrogen (secondary N) is 2. The van der Waals surface area contributed by atoms with Gasteiger partial charge in [0.05, 0.1) is 26.4 Å². The first-order chi connectivity index (χ1) is 24.1. The molecule has 2 N–H and O–H groups in total. The number of carbonyl (C=O) groups is 2. The van der Waals surface area contributed by atoms with Gasteiger partial charge in [-0.05, 0) is 55.9 Å². The van der Waals surface area contributed by atoms with E-state index in [0.29, 0.717) is 65.6 Å². The van der Waals surface area contributed by atoms with E-state index in [4.69, 9.17) is 14.2 Å². The molecule has 0 atom stereocenters. The number of aryl methyl sites for hydroxylation is 1. The van der Waals surface area contributed by atoms with Crippen molar-refractivity contribution < 1.29 is 28.4 Å². The number of unbranched alkanes of at least 4 members (excludes halogenated alkanes) is 3. The Labute approximate surface area is 296 Å². The average Bonchev–Trinajstić information content (AvgIpc) is 3.43. The number of aromatic nitrogens is 1. The summed E-state index contributed by atoms with van der Waals surface area (Å²) in [6, 6.07) is 17.1. The molecule has 0 saturated carbocycles. The smallest absolute Gasteiger partial charge is 0.263 e. The minimum atomic E-state index is 0.106. The second-order valence-corrected chi connectivity index (χ2v) is 13.3. The number of anilines is 1. The molecule has 0 fully saturated rings. The van der Waals surface area contributed by atoms with Crippen molar-refractivity contribution in [3.8, 4) is 0 Å². The molecule has 3 aromatic rings. The Bertz CT molecular complexity index is 1500. The van der Waals surface area contributed by atoms with E-state index in [0.717, 1.165) is 51.5 Å². The van der Waals surface area contributed by atoms with E-state index < -0.39 is 0 Å². The SMILES string of the molecule is CCCCC(=O)NCCCOCCOCCOCCCNC(=O)CCCCCN1C=CC(=Cc2sc3ccccc3[n+]2C)c2ccccc21. The van der Waals surface area contributed by atoms with Crippen molar-refractivity contribution in [2.45, 2.75) is 64.7 Å². The number of fused-ring (bicyclic) bond motifs is 2. The van der Waals surface area contributed by atoms with Gasteiger partial charge in [-0.25, -0.2) is 0 Å². The van der Waals surface area contributed by atoms with Gasteiger partial charge < -0.3 is 29.7 Å². The Morgan fingerprint density at radius 1 is 0.776 bits per heavy atom. The summed E-state index contributed by atoms with van der Waals surface area (Å²) in [6.45, 7) is 7.58. The molecule has 1 aromatic heterocycles. The van der Waals surface area contributed by atoms with Gasteiger partial charge in [0, 0.05) is 75.3 Å². The number of rotatable bonds is 24. The zero-order valence-corrected chi connectivity index (χ0v) is 30.2. The van der Waals surface area contributed by atoms with Crippen LogP contribution in [0.3, 0.4) is 0 Å². The van der Waals surface area contributed by atoms with E-state index in [1.165, 1.54) is 32.0 Å². The molecule has 2 amide bonds. The summed E-state index contributed by atoms with van der Waals surface area (Å²) < 4.78 is 20.2. The van der Waals surface area contributed by atoms with Gasteiger partial charge in [-0.1, -0.05) is 61.4 Å². The highest BCUT2D eigenvalue weighted by Crippen LogP contribution is 2.35. The molecule has 0 aliphatic carbocycles. The fourth-order valence-electron chi connectivity index (χ4n) is 5.61. The van der Waals surface area contributed by atoms with Gasteiger partial charge in [-0.15, -0.1) is 0 Å². The van der Waals surface area contributed by atoms with Gasteiger partial charge in [0.2, 0.25) is 17.3 Å². The molecule has 1 aliphatic heterocycles. The van der Waals surface area contributed by atoms with Crippen LogP contribution in [0.4, 0.5) is 5.69 Å². The molecular formula is C39H55N4O5S+. The number of hydrogen-bond donors (Lipinski definition) is 2. The summed E-state index contributed by atoms with van der Waals surface area (Å²) in [4.78, 5) is 26.2. The lowest BCUT2D eigenvalue weighted by atomic mass is 9.99. The van der Waals surface area contributed by atoms with E-state index in [1.807, 2.05) is 11.3 Å². The number of ether oxygens (including phenoxy) is 3. The third-order valence-electron chi connectivity index (χ3n) is 8.39. The molecule has 0 saturated heterocycles. The average molecular weight is 692 g/mol. The van der Waals surface area contributed by atoms with Crippen LogP contribution in [-0.2, 0) is 30.8 Å². The van der Waals surface area contributed by atoms with Crippen LogP contribution in [0, 0.1) is 0 Å². The predicted octanol–water partition coefficient (Wildman–Crippen LogP) is 6.41. The highest BCUT2D eigenvalue weighted by molar-refractivity contribution is 7.18. The van der Waals surface area contributed by atoms with Crippen molar-refractivity contribution in [1.29, 1.82) is 0 Å². The fraction of sp³-hybridized carbons (Fsp3) is 0.513. The molecule has 0 radical (unpaired) electrons. The highest BCUT2D eigenvalue weighted by atomic mass is 32.1. The van der Waals surface area contributed by atoms with Gasteiger partial charge in [0.1, 0.15) is 11.7 Å². The monoisotopic (exact) mass is 691 g/mol. The summed E-state index contributed by atoms with van der Waals surface area (Å²) in [7, 11) is 2.13. The van der Waals surface area contributed by atoms with Crippen molar-refractivity contribution >= 4 is 50.7 Å².